The zero-order valence-electron chi connectivity index (χ0n) is 17.4. The molecule has 2 aliphatic rings. The van der Waals surface area contributed by atoms with E-state index >= 15 is 4.39 Å². The van der Waals surface area contributed by atoms with Crippen LogP contribution < -0.4 is 11.1 Å². The van der Waals surface area contributed by atoms with Crippen molar-refractivity contribution in [3.63, 3.8) is 0 Å². The number of aliphatic imine (C=N–C) groups is 1. The molecule has 0 radical (unpaired) electrons. The maximum atomic E-state index is 15.5. The van der Waals surface area contributed by atoms with Gasteiger partial charge in [-0.05, 0) is 50.1 Å². The van der Waals surface area contributed by atoms with Gasteiger partial charge in [0.25, 0.3) is 17.9 Å². The van der Waals surface area contributed by atoms with Crippen molar-refractivity contribution in [3.05, 3.63) is 59.2 Å². The van der Waals surface area contributed by atoms with E-state index < -0.39 is 47.4 Å². The van der Waals surface area contributed by atoms with Crippen LogP contribution in [0.3, 0.4) is 0 Å². The Morgan fingerprint density at radius 1 is 1.33 bits per heavy atom. The number of hydrogen-bond acceptors (Lipinski definition) is 6. The first-order valence-corrected chi connectivity index (χ1v) is 10.1. The monoisotopic (exact) mass is 461 g/mol. The number of aromatic nitrogens is 1. The normalized spacial score (nSPS) is 24.9. The number of pyridine rings is 1. The second kappa shape index (κ2) is 8.03. The van der Waals surface area contributed by atoms with Crippen LogP contribution in [0.25, 0.3) is 0 Å². The van der Waals surface area contributed by atoms with Gasteiger partial charge in [-0.15, -0.1) is 0 Å². The molecule has 33 heavy (non-hydrogen) atoms. The predicted molar refractivity (Wildman–Crippen MR) is 110 cm³/mol. The molecule has 11 heteroatoms. The molecule has 1 aromatic heterocycles. The van der Waals surface area contributed by atoms with Gasteiger partial charge in [0.15, 0.2) is 12.3 Å². The molecule has 3 atom stereocenters. The van der Waals surface area contributed by atoms with E-state index in [4.69, 9.17) is 15.7 Å². The van der Waals surface area contributed by atoms with E-state index in [2.05, 4.69) is 15.3 Å². The van der Waals surface area contributed by atoms with Crippen LogP contribution in [0, 0.1) is 23.1 Å². The number of alkyl halides is 3. The number of carbonyl (C=O) groups is 1. The number of nitrogens with zero attached hydrogens (tertiary/aromatic N) is 3. The molecule has 1 fully saturated rings. The highest BCUT2D eigenvalue weighted by molar-refractivity contribution is 6.02. The number of halogens is 4. The third kappa shape index (κ3) is 4.08. The lowest BCUT2D eigenvalue weighted by atomic mass is 9.81. The van der Waals surface area contributed by atoms with E-state index in [-0.39, 0.29) is 35.3 Å². The fraction of sp³-hybridized carbons (Fsp3) is 0.364. The van der Waals surface area contributed by atoms with Gasteiger partial charge >= 0.3 is 0 Å². The van der Waals surface area contributed by atoms with E-state index in [0.717, 1.165) is 19.1 Å². The highest BCUT2D eigenvalue weighted by atomic mass is 19.3. The van der Waals surface area contributed by atoms with Crippen molar-refractivity contribution < 1.29 is 27.1 Å². The SMILES string of the molecule is C[C@]1(c2cc(NC(=O)c3ccc(C#N)cn3)ccc2F)N=C(N)O[C@H](C(F)(F)C2CC2)[C@@H]1F. The Balaban J connectivity index is 1.65. The highest BCUT2D eigenvalue weighted by Gasteiger charge is 2.62. The Kier molecular flexibility index (Phi) is 5.47. The second-order valence-corrected chi connectivity index (χ2v) is 8.18. The van der Waals surface area contributed by atoms with Gasteiger partial charge < -0.3 is 15.8 Å². The number of nitriles is 1. The zero-order valence-corrected chi connectivity index (χ0v) is 17.4. The molecule has 0 unspecified atom stereocenters. The van der Waals surface area contributed by atoms with Gasteiger partial charge in [0, 0.05) is 23.4 Å². The maximum absolute atomic E-state index is 15.5. The summed E-state index contributed by atoms with van der Waals surface area (Å²) in [5.41, 5.74) is 3.39. The number of anilines is 1. The number of rotatable bonds is 5. The van der Waals surface area contributed by atoms with Gasteiger partial charge in [-0.25, -0.2) is 27.5 Å². The zero-order chi connectivity index (χ0) is 24.0. The van der Waals surface area contributed by atoms with Gasteiger partial charge in [0.2, 0.25) is 0 Å². The standard InChI is InChI=1S/C22H19F4N5O2/c1-21(17(24)18(33-20(28)31-21)22(25,26)12-3-4-12)14-8-13(5-6-15(14)23)30-19(32)16-7-2-11(9-27)10-29-16/h2,5-8,10,12,17-18H,3-4H2,1H3,(H2,28,31)(H,30,32)/t17-,18-,21+/m0/s1. The Labute approximate surface area is 186 Å². The molecule has 2 aromatic rings. The van der Waals surface area contributed by atoms with E-state index in [1.54, 1.807) is 0 Å². The van der Waals surface area contributed by atoms with Crippen LogP contribution in [0.5, 0.6) is 0 Å². The lowest BCUT2D eigenvalue weighted by Crippen LogP contribution is -2.57. The molecule has 0 spiro atoms. The van der Waals surface area contributed by atoms with Crippen molar-refractivity contribution in [3.8, 4) is 6.07 Å². The minimum atomic E-state index is -3.51. The number of ether oxygens (including phenoxy) is 1. The number of nitrogens with one attached hydrogen (secondary N) is 1. The lowest BCUT2D eigenvalue weighted by molar-refractivity contribution is -0.161. The molecule has 1 aliphatic carbocycles. The van der Waals surface area contributed by atoms with Crippen molar-refractivity contribution in [2.24, 2.45) is 16.6 Å². The van der Waals surface area contributed by atoms with Crippen LogP contribution in [0.4, 0.5) is 23.2 Å². The number of benzene rings is 1. The fourth-order valence-corrected chi connectivity index (χ4v) is 3.76. The van der Waals surface area contributed by atoms with E-state index in [0.29, 0.717) is 0 Å². The van der Waals surface area contributed by atoms with Gasteiger partial charge in [0.05, 0.1) is 5.56 Å². The van der Waals surface area contributed by atoms with Gasteiger partial charge in [0.1, 0.15) is 23.1 Å². The highest BCUT2D eigenvalue weighted by Crippen LogP contribution is 2.51. The first-order valence-electron chi connectivity index (χ1n) is 10.1. The van der Waals surface area contributed by atoms with E-state index in [1.165, 1.54) is 24.4 Å². The number of hydrogen-bond donors (Lipinski definition) is 2. The first-order chi connectivity index (χ1) is 15.6. The lowest BCUT2D eigenvalue weighted by Gasteiger charge is -2.41. The number of amidine groups is 1. The Morgan fingerprint density at radius 3 is 2.67 bits per heavy atom. The summed E-state index contributed by atoms with van der Waals surface area (Å²) in [5.74, 6) is -6.13. The summed E-state index contributed by atoms with van der Waals surface area (Å²) in [7, 11) is 0. The third-order valence-electron chi connectivity index (χ3n) is 5.79. The fourth-order valence-electron chi connectivity index (χ4n) is 3.76. The van der Waals surface area contributed by atoms with Gasteiger partial charge in [-0.1, -0.05) is 0 Å². The molecule has 4 rings (SSSR count). The minimum Gasteiger partial charge on any atom is -0.452 e. The van der Waals surface area contributed by atoms with Crippen LogP contribution in [-0.4, -0.2) is 35.1 Å². The van der Waals surface area contributed by atoms with Crippen LogP contribution in [0.2, 0.25) is 0 Å². The smallest absolute Gasteiger partial charge is 0.290 e. The Morgan fingerprint density at radius 2 is 2.06 bits per heavy atom. The maximum Gasteiger partial charge on any atom is 0.290 e. The molecule has 7 nitrogen and oxygen atoms in total. The summed E-state index contributed by atoms with van der Waals surface area (Å²) in [6, 6.07) is 7.21. The Hall–Kier alpha value is -3.68. The van der Waals surface area contributed by atoms with E-state index in [9.17, 15) is 18.0 Å². The molecule has 1 aliphatic heterocycles. The third-order valence-corrected chi connectivity index (χ3v) is 5.79. The molecule has 1 aromatic carbocycles. The summed E-state index contributed by atoms with van der Waals surface area (Å²) in [6.45, 7) is 1.15. The summed E-state index contributed by atoms with van der Waals surface area (Å²) < 4.78 is 64.6. The Bertz CT molecular complexity index is 1160. The first kappa shape index (κ1) is 22.5. The molecule has 0 saturated heterocycles. The van der Waals surface area contributed by atoms with Gasteiger partial charge in [-0.2, -0.15) is 5.26 Å². The summed E-state index contributed by atoms with van der Waals surface area (Å²) in [6.07, 6.45) is -2.98. The summed E-state index contributed by atoms with van der Waals surface area (Å²) in [4.78, 5) is 20.2. The van der Waals surface area contributed by atoms with Crippen molar-refractivity contribution in [2.75, 3.05) is 5.32 Å². The molecular weight excluding hydrogens is 442 g/mol. The predicted octanol–water partition coefficient (Wildman–Crippen LogP) is 3.66. The average Bonchev–Trinajstić information content (AvgIpc) is 3.63. The topological polar surface area (TPSA) is 113 Å². The molecule has 1 saturated carbocycles. The van der Waals surface area contributed by atoms with Crippen molar-refractivity contribution in [1.82, 2.24) is 4.98 Å². The average molecular weight is 461 g/mol. The minimum absolute atomic E-state index is 0.0214. The molecule has 3 N–H and O–H groups in total. The van der Waals surface area contributed by atoms with Crippen LogP contribution in [-0.2, 0) is 10.3 Å². The van der Waals surface area contributed by atoms with Crippen LogP contribution >= 0.6 is 0 Å². The van der Waals surface area contributed by atoms with Crippen molar-refractivity contribution in [1.29, 1.82) is 5.26 Å². The van der Waals surface area contributed by atoms with Crippen molar-refractivity contribution >= 4 is 17.6 Å². The number of carbonyl (C=O) groups excluding carboxylic acids is 1. The van der Waals surface area contributed by atoms with E-state index in [1.807, 2.05) is 6.07 Å². The quantitative estimate of drug-likeness (QED) is 0.660. The molecule has 1 amide bonds. The van der Waals surface area contributed by atoms with Gasteiger partial charge in [-0.3, -0.25) is 4.79 Å². The molecule has 172 valence electrons. The summed E-state index contributed by atoms with van der Waals surface area (Å²) in [5, 5.41) is 11.3. The largest absolute Gasteiger partial charge is 0.452 e. The van der Waals surface area contributed by atoms with Crippen molar-refractivity contribution in [2.45, 2.75) is 43.5 Å². The number of amides is 1. The van der Waals surface area contributed by atoms with Crippen LogP contribution in [0.1, 0.15) is 41.4 Å². The summed E-state index contributed by atoms with van der Waals surface area (Å²) >= 11 is 0. The number of nitrogens with two attached hydrogens (primary N) is 1. The molecular formula is C22H19F4N5O2. The molecule has 0 bridgehead atoms. The molecule has 2 heterocycles. The van der Waals surface area contributed by atoms with Crippen LogP contribution in [0.15, 0.2) is 41.5 Å². The second-order valence-electron chi connectivity index (χ2n) is 8.18.